The number of fused-ring (bicyclic) bond motifs is 1. The van der Waals surface area contributed by atoms with Crippen LogP contribution in [0.15, 0.2) is 22.6 Å². The standard InChI is InChI=1S/C16H23N3O/c1-19(10-12-5-3-2-4-6-12)11-16-18-14-9-13(17)7-8-15(14)20-16/h7-9,12H,2-6,10-11,17H2,1H3. The molecule has 1 aromatic heterocycles. The third kappa shape index (κ3) is 3.12. The fraction of sp³-hybridized carbons (Fsp3) is 0.562. The Kier molecular flexibility index (Phi) is 3.92. The number of nitrogens with two attached hydrogens (primary N) is 1. The van der Waals surface area contributed by atoms with E-state index in [1.165, 1.54) is 32.1 Å². The molecule has 0 spiro atoms. The van der Waals surface area contributed by atoms with Gasteiger partial charge >= 0.3 is 0 Å². The molecule has 1 heterocycles. The summed E-state index contributed by atoms with van der Waals surface area (Å²) < 4.78 is 5.77. The zero-order valence-electron chi connectivity index (χ0n) is 12.1. The second-order valence-corrected chi connectivity index (χ2v) is 6.04. The Morgan fingerprint density at radius 1 is 1.30 bits per heavy atom. The normalized spacial score (nSPS) is 17.1. The van der Waals surface area contributed by atoms with Crippen LogP contribution in [0.2, 0.25) is 0 Å². The summed E-state index contributed by atoms with van der Waals surface area (Å²) in [7, 11) is 2.15. The highest BCUT2D eigenvalue weighted by atomic mass is 16.3. The molecule has 1 aromatic carbocycles. The van der Waals surface area contributed by atoms with Crippen LogP contribution in [0.25, 0.3) is 11.1 Å². The van der Waals surface area contributed by atoms with Crippen LogP contribution < -0.4 is 5.73 Å². The highest BCUT2D eigenvalue weighted by Crippen LogP contribution is 2.25. The molecule has 0 amide bonds. The highest BCUT2D eigenvalue weighted by Gasteiger charge is 2.16. The minimum absolute atomic E-state index is 0.730. The summed E-state index contributed by atoms with van der Waals surface area (Å²) in [4.78, 5) is 6.84. The van der Waals surface area contributed by atoms with Gasteiger partial charge in [0.05, 0.1) is 6.54 Å². The van der Waals surface area contributed by atoms with Gasteiger partial charge in [0.1, 0.15) is 5.52 Å². The van der Waals surface area contributed by atoms with Crippen LogP contribution in [-0.2, 0) is 6.54 Å². The van der Waals surface area contributed by atoms with Crippen molar-refractivity contribution in [3.05, 3.63) is 24.1 Å². The second kappa shape index (κ2) is 5.83. The van der Waals surface area contributed by atoms with Crippen LogP contribution in [0.1, 0.15) is 38.0 Å². The molecule has 1 fully saturated rings. The highest BCUT2D eigenvalue weighted by molar-refractivity contribution is 5.76. The first-order valence-corrected chi connectivity index (χ1v) is 7.54. The van der Waals surface area contributed by atoms with Crippen molar-refractivity contribution >= 4 is 16.8 Å². The SMILES string of the molecule is CN(Cc1nc2cc(N)ccc2o1)CC1CCCCC1. The molecule has 4 heteroatoms. The van der Waals surface area contributed by atoms with Gasteiger partial charge in [0.15, 0.2) is 5.58 Å². The van der Waals surface area contributed by atoms with Crippen molar-refractivity contribution in [2.45, 2.75) is 38.6 Å². The van der Waals surface area contributed by atoms with Gasteiger partial charge < -0.3 is 10.2 Å². The number of anilines is 1. The van der Waals surface area contributed by atoms with Gasteiger partial charge in [-0.1, -0.05) is 19.3 Å². The Balaban J connectivity index is 1.63. The Morgan fingerprint density at radius 3 is 2.90 bits per heavy atom. The van der Waals surface area contributed by atoms with Gasteiger partial charge in [0.25, 0.3) is 0 Å². The summed E-state index contributed by atoms with van der Waals surface area (Å²) in [6.07, 6.45) is 6.93. The lowest BCUT2D eigenvalue weighted by Gasteiger charge is -2.26. The first kappa shape index (κ1) is 13.4. The van der Waals surface area contributed by atoms with E-state index < -0.39 is 0 Å². The average Bonchev–Trinajstić information content (AvgIpc) is 2.80. The minimum atomic E-state index is 0.730. The van der Waals surface area contributed by atoms with E-state index >= 15 is 0 Å². The molecule has 1 saturated carbocycles. The third-order valence-corrected chi connectivity index (χ3v) is 4.16. The molecule has 4 nitrogen and oxygen atoms in total. The lowest BCUT2D eigenvalue weighted by atomic mass is 9.89. The van der Waals surface area contributed by atoms with Crippen LogP contribution in [0.5, 0.6) is 0 Å². The molecule has 0 aliphatic heterocycles. The van der Waals surface area contributed by atoms with Crippen molar-refractivity contribution < 1.29 is 4.42 Å². The van der Waals surface area contributed by atoms with Crippen LogP contribution >= 0.6 is 0 Å². The molecular formula is C16H23N3O. The lowest BCUT2D eigenvalue weighted by Crippen LogP contribution is -2.26. The Bertz CT molecular complexity index is 572. The van der Waals surface area contributed by atoms with Gasteiger partial charge in [-0.25, -0.2) is 4.98 Å². The topological polar surface area (TPSA) is 55.3 Å². The summed E-state index contributed by atoms with van der Waals surface area (Å²) >= 11 is 0. The quantitative estimate of drug-likeness (QED) is 0.867. The van der Waals surface area contributed by atoms with Crippen molar-refractivity contribution in [2.24, 2.45) is 5.92 Å². The molecule has 0 saturated heterocycles. The summed E-state index contributed by atoms with van der Waals surface area (Å²) in [5, 5.41) is 0. The van der Waals surface area contributed by atoms with E-state index in [0.29, 0.717) is 0 Å². The number of hydrogen-bond acceptors (Lipinski definition) is 4. The second-order valence-electron chi connectivity index (χ2n) is 6.04. The molecule has 1 aliphatic carbocycles. The smallest absolute Gasteiger partial charge is 0.209 e. The van der Waals surface area contributed by atoms with E-state index in [0.717, 1.165) is 41.7 Å². The maximum atomic E-state index is 5.77. The first-order valence-electron chi connectivity index (χ1n) is 7.54. The fourth-order valence-corrected chi connectivity index (χ4v) is 3.17. The van der Waals surface area contributed by atoms with Gasteiger partial charge in [-0.2, -0.15) is 0 Å². The number of rotatable bonds is 4. The number of aromatic nitrogens is 1. The van der Waals surface area contributed by atoms with E-state index in [-0.39, 0.29) is 0 Å². The largest absolute Gasteiger partial charge is 0.439 e. The zero-order chi connectivity index (χ0) is 13.9. The summed E-state index contributed by atoms with van der Waals surface area (Å²) in [5.41, 5.74) is 8.17. The first-order chi connectivity index (χ1) is 9.70. The molecule has 20 heavy (non-hydrogen) atoms. The predicted molar refractivity (Wildman–Crippen MR) is 81.3 cm³/mol. The zero-order valence-corrected chi connectivity index (χ0v) is 12.1. The van der Waals surface area contributed by atoms with E-state index in [1.54, 1.807) is 0 Å². The van der Waals surface area contributed by atoms with Crippen molar-refractivity contribution in [3.8, 4) is 0 Å². The number of benzene rings is 1. The van der Waals surface area contributed by atoms with Crippen LogP contribution in [0.3, 0.4) is 0 Å². The van der Waals surface area contributed by atoms with Gasteiger partial charge in [-0.05, 0) is 44.0 Å². The molecule has 1 aliphatic rings. The molecule has 108 valence electrons. The number of nitrogen functional groups attached to an aromatic ring is 1. The Labute approximate surface area is 120 Å². The van der Waals surface area contributed by atoms with Crippen molar-refractivity contribution in [2.75, 3.05) is 19.3 Å². The maximum absolute atomic E-state index is 5.77. The molecule has 2 aromatic rings. The monoisotopic (exact) mass is 273 g/mol. The molecular weight excluding hydrogens is 250 g/mol. The molecule has 0 bridgehead atoms. The lowest BCUT2D eigenvalue weighted by molar-refractivity contribution is 0.214. The predicted octanol–water partition coefficient (Wildman–Crippen LogP) is 3.42. The van der Waals surface area contributed by atoms with Crippen molar-refractivity contribution in [1.29, 1.82) is 0 Å². The van der Waals surface area contributed by atoms with E-state index in [2.05, 4.69) is 16.9 Å². The summed E-state index contributed by atoms with van der Waals surface area (Å²) in [6.45, 7) is 1.91. The molecule has 0 radical (unpaired) electrons. The van der Waals surface area contributed by atoms with E-state index in [1.807, 2.05) is 18.2 Å². The number of hydrogen-bond donors (Lipinski definition) is 1. The third-order valence-electron chi connectivity index (χ3n) is 4.16. The van der Waals surface area contributed by atoms with Gasteiger partial charge in [0.2, 0.25) is 5.89 Å². The molecule has 0 atom stereocenters. The average molecular weight is 273 g/mol. The molecule has 2 N–H and O–H groups in total. The summed E-state index contributed by atoms with van der Waals surface area (Å²) in [6, 6.07) is 5.61. The summed E-state index contributed by atoms with van der Waals surface area (Å²) in [5.74, 6) is 1.62. The number of nitrogens with zero attached hydrogens (tertiary/aromatic N) is 2. The van der Waals surface area contributed by atoms with Crippen molar-refractivity contribution in [1.82, 2.24) is 9.88 Å². The minimum Gasteiger partial charge on any atom is -0.439 e. The van der Waals surface area contributed by atoms with Gasteiger partial charge in [0, 0.05) is 12.2 Å². The van der Waals surface area contributed by atoms with Gasteiger partial charge in [-0.15, -0.1) is 0 Å². The van der Waals surface area contributed by atoms with E-state index in [9.17, 15) is 0 Å². The van der Waals surface area contributed by atoms with Crippen LogP contribution in [0, 0.1) is 5.92 Å². The molecule has 3 rings (SSSR count). The number of oxazole rings is 1. The Morgan fingerprint density at radius 2 is 2.10 bits per heavy atom. The van der Waals surface area contributed by atoms with E-state index in [4.69, 9.17) is 10.2 Å². The van der Waals surface area contributed by atoms with Crippen molar-refractivity contribution in [3.63, 3.8) is 0 Å². The maximum Gasteiger partial charge on any atom is 0.209 e. The van der Waals surface area contributed by atoms with Crippen LogP contribution in [0.4, 0.5) is 5.69 Å². The van der Waals surface area contributed by atoms with Gasteiger partial charge in [-0.3, -0.25) is 4.90 Å². The van der Waals surface area contributed by atoms with Crippen LogP contribution in [-0.4, -0.2) is 23.5 Å². The molecule has 0 unspecified atom stereocenters. The Hall–Kier alpha value is -1.55. The fourth-order valence-electron chi connectivity index (χ4n) is 3.17.